The highest BCUT2D eigenvalue weighted by Gasteiger charge is 2.29. The van der Waals surface area contributed by atoms with E-state index in [4.69, 9.17) is 9.26 Å². The fourth-order valence-electron chi connectivity index (χ4n) is 3.95. The molecule has 0 spiro atoms. The van der Waals surface area contributed by atoms with Crippen molar-refractivity contribution in [2.24, 2.45) is 5.92 Å². The molecule has 1 N–H and O–H groups in total. The summed E-state index contributed by atoms with van der Waals surface area (Å²) in [6.07, 6.45) is 3.46. The summed E-state index contributed by atoms with van der Waals surface area (Å²) in [6.45, 7) is 10.9. The fraction of sp³-hybridized carbons (Fsp3) is 0.591. The number of piperidine rings is 1. The van der Waals surface area contributed by atoms with Gasteiger partial charge in [-0.05, 0) is 39.5 Å². The van der Waals surface area contributed by atoms with Gasteiger partial charge in [-0.15, -0.1) is 0 Å². The van der Waals surface area contributed by atoms with Crippen LogP contribution in [-0.4, -0.2) is 54.4 Å². The highest BCUT2D eigenvalue weighted by atomic mass is 16.6. The molecule has 0 aromatic carbocycles. The summed E-state index contributed by atoms with van der Waals surface area (Å²) in [5, 5.41) is 8.58. The second-order valence-corrected chi connectivity index (χ2v) is 9.73. The summed E-state index contributed by atoms with van der Waals surface area (Å²) in [5.74, 6) is 1.45. The van der Waals surface area contributed by atoms with Crippen LogP contribution in [0.3, 0.4) is 0 Å². The van der Waals surface area contributed by atoms with Gasteiger partial charge in [0.2, 0.25) is 11.7 Å². The van der Waals surface area contributed by atoms with E-state index in [0.29, 0.717) is 61.2 Å². The van der Waals surface area contributed by atoms with E-state index in [-0.39, 0.29) is 17.6 Å². The molecule has 1 fully saturated rings. The van der Waals surface area contributed by atoms with E-state index >= 15 is 0 Å². The van der Waals surface area contributed by atoms with Crippen LogP contribution in [0.5, 0.6) is 0 Å². The van der Waals surface area contributed by atoms with E-state index in [0.717, 1.165) is 5.69 Å². The minimum absolute atomic E-state index is 0.0907. The van der Waals surface area contributed by atoms with E-state index < -0.39 is 5.60 Å². The Bertz CT molecular complexity index is 1160. The van der Waals surface area contributed by atoms with Gasteiger partial charge in [-0.1, -0.05) is 19.0 Å². The summed E-state index contributed by atoms with van der Waals surface area (Å²) in [4.78, 5) is 33.9. The quantitative estimate of drug-likeness (QED) is 0.658. The summed E-state index contributed by atoms with van der Waals surface area (Å²) in [5.41, 5.74) is 1.23. The molecule has 10 nitrogen and oxygen atoms in total. The molecule has 1 saturated heterocycles. The maximum Gasteiger partial charge on any atom is 0.410 e. The first kappa shape index (κ1) is 22.0. The van der Waals surface area contributed by atoms with Crippen LogP contribution >= 0.6 is 0 Å². The second-order valence-electron chi connectivity index (χ2n) is 9.73. The Balaban J connectivity index is 1.57. The number of aromatic nitrogens is 5. The van der Waals surface area contributed by atoms with Gasteiger partial charge in [0, 0.05) is 31.5 Å². The zero-order valence-corrected chi connectivity index (χ0v) is 19.2. The Labute approximate surface area is 185 Å². The zero-order chi connectivity index (χ0) is 23.0. The molecule has 4 rings (SSSR count). The number of ether oxygens (including phenoxy) is 1. The molecule has 0 saturated carbocycles. The maximum atomic E-state index is 12.5. The molecule has 3 aromatic heterocycles. The van der Waals surface area contributed by atoms with Gasteiger partial charge < -0.3 is 19.1 Å². The van der Waals surface area contributed by atoms with Crippen LogP contribution in [0.1, 0.15) is 65.0 Å². The molecule has 3 aromatic rings. The van der Waals surface area contributed by atoms with Gasteiger partial charge in [0.1, 0.15) is 11.2 Å². The molecular formula is C22H30N6O4. The largest absolute Gasteiger partial charge is 0.444 e. The van der Waals surface area contributed by atoms with Gasteiger partial charge in [0.05, 0.1) is 17.5 Å². The minimum Gasteiger partial charge on any atom is -0.444 e. The van der Waals surface area contributed by atoms with Crippen molar-refractivity contribution in [2.45, 2.75) is 65.4 Å². The second kappa shape index (κ2) is 8.40. The number of nitrogens with zero attached hydrogens (tertiary/aromatic N) is 5. The van der Waals surface area contributed by atoms with E-state index in [9.17, 15) is 9.59 Å². The van der Waals surface area contributed by atoms with Crippen LogP contribution in [0.25, 0.3) is 17.0 Å². The average molecular weight is 443 g/mol. The smallest absolute Gasteiger partial charge is 0.410 e. The van der Waals surface area contributed by atoms with Crippen LogP contribution in [0.2, 0.25) is 0 Å². The number of nitrogens with one attached hydrogen (secondary N) is 1. The topological polar surface area (TPSA) is 119 Å². The lowest BCUT2D eigenvalue weighted by atomic mass is 9.93. The summed E-state index contributed by atoms with van der Waals surface area (Å²) < 4.78 is 12.6. The Hall–Kier alpha value is -3.17. The van der Waals surface area contributed by atoms with Crippen molar-refractivity contribution in [1.29, 1.82) is 0 Å². The molecule has 1 amide bonds. The van der Waals surface area contributed by atoms with E-state index in [1.54, 1.807) is 21.7 Å². The average Bonchev–Trinajstić information content (AvgIpc) is 3.32. The number of carbonyl (C=O) groups is 1. The number of H-pyrrole nitrogens is 1. The minimum atomic E-state index is -0.525. The lowest BCUT2D eigenvalue weighted by Crippen LogP contribution is -2.41. The molecule has 0 unspecified atom stereocenters. The zero-order valence-electron chi connectivity index (χ0n) is 19.2. The van der Waals surface area contributed by atoms with Crippen molar-refractivity contribution >= 4 is 11.7 Å². The normalized spacial score (nSPS) is 15.6. The Morgan fingerprint density at radius 1 is 1.31 bits per heavy atom. The monoisotopic (exact) mass is 442 g/mol. The standard InChI is InChI=1S/C22H30N6O4/c1-13(2)10-18-25-19(26-32-18)15-12-23-28-16(11-17(29)24-20(15)28)14-6-8-27(9-7-14)21(30)31-22(3,4)5/h11-14H,6-10H2,1-5H3,(H,24,29). The maximum absolute atomic E-state index is 12.5. The molecule has 1 aliphatic rings. The van der Waals surface area contributed by atoms with Crippen molar-refractivity contribution in [1.82, 2.24) is 29.6 Å². The number of hydrogen-bond acceptors (Lipinski definition) is 7. The van der Waals surface area contributed by atoms with Crippen LogP contribution in [0.15, 0.2) is 21.6 Å². The number of fused-ring (bicyclic) bond motifs is 1. The van der Waals surface area contributed by atoms with Crippen molar-refractivity contribution < 1.29 is 14.1 Å². The highest BCUT2D eigenvalue weighted by molar-refractivity contribution is 5.72. The Kier molecular flexibility index (Phi) is 5.79. The number of aromatic amines is 1. The van der Waals surface area contributed by atoms with E-state index in [1.165, 1.54) is 0 Å². The molecule has 0 atom stereocenters. The van der Waals surface area contributed by atoms with Crippen molar-refractivity contribution in [3.05, 3.63) is 34.2 Å². The first-order chi connectivity index (χ1) is 15.1. The highest BCUT2D eigenvalue weighted by Crippen LogP contribution is 2.30. The molecule has 4 heterocycles. The summed E-state index contributed by atoms with van der Waals surface area (Å²) >= 11 is 0. The molecule has 32 heavy (non-hydrogen) atoms. The van der Waals surface area contributed by atoms with Gasteiger partial charge in [0.25, 0.3) is 5.56 Å². The third-order valence-corrected chi connectivity index (χ3v) is 5.39. The first-order valence-electron chi connectivity index (χ1n) is 11.0. The van der Waals surface area contributed by atoms with Gasteiger partial charge in [-0.25, -0.2) is 9.31 Å². The third kappa shape index (κ3) is 4.68. The molecule has 0 radical (unpaired) electrons. The number of amides is 1. The third-order valence-electron chi connectivity index (χ3n) is 5.39. The van der Waals surface area contributed by atoms with E-state index in [1.807, 2.05) is 20.8 Å². The van der Waals surface area contributed by atoms with Crippen molar-refractivity contribution in [3.8, 4) is 11.4 Å². The predicted octanol–water partition coefficient (Wildman–Crippen LogP) is 3.39. The summed E-state index contributed by atoms with van der Waals surface area (Å²) in [7, 11) is 0. The molecule has 172 valence electrons. The Morgan fingerprint density at radius 2 is 2.03 bits per heavy atom. The summed E-state index contributed by atoms with van der Waals surface area (Å²) in [6, 6.07) is 1.58. The lowest BCUT2D eigenvalue weighted by molar-refractivity contribution is 0.0203. The van der Waals surface area contributed by atoms with Crippen LogP contribution in [0.4, 0.5) is 4.79 Å². The number of carbonyl (C=O) groups excluding carboxylic acids is 1. The molecule has 0 bridgehead atoms. The lowest BCUT2D eigenvalue weighted by Gasteiger charge is -2.33. The van der Waals surface area contributed by atoms with Gasteiger partial charge >= 0.3 is 6.09 Å². The molecular weight excluding hydrogens is 412 g/mol. The van der Waals surface area contributed by atoms with E-state index in [2.05, 4.69) is 34.1 Å². The molecule has 0 aliphatic carbocycles. The van der Waals surface area contributed by atoms with Gasteiger partial charge in [-0.3, -0.25) is 4.79 Å². The Morgan fingerprint density at radius 3 is 2.69 bits per heavy atom. The molecule has 1 aliphatic heterocycles. The van der Waals surface area contributed by atoms with Crippen LogP contribution < -0.4 is 5.56 Å². The number of likely N-dealkylation sites (tertiary alicyclic amines) is 1. The number of rotatable bonds is 4. The SMILES string of the molecule is CC(C)Cc1nc(-c2cnn3c(C4CCN(C(=O)OC(C)(C)C)CC4)cc(=O)[nH]c23)no1. The van der Waals surface area contributed by atoms with Crippen molar-refractivity contribution in [3.63, 3.8) is 0 Å². The fourth-order valence-corrected chi connectivity index (χ4v) is 3.95. The predicted molar refractivity (Wildman–Crippen MR) is 117 cm³/mol. The first-order valence-corrected chi connectivity index (χ1v) is 11.0. The number of hydrogen-bond donors (Lipinski definition) is 1. The van der Waals surface area contributed by atoms with Gasteiger partial charge in [-0.2, -0.15) is 10.1 Å². The van der Waals surface area contributed by atoms with Crippen molar-refractivity contribution in [2.75, 3.05) is 13.1 Å². The van der Waals surface area contributed by atoms with Gasteiger partial charge in [0.15, 0.2) is 0 Å². The van der Waals surface area contributed by atoms with Crippen LogP contribution in [0, 0.1) is 5.92 Å². The van der Waals surface area contributed by atoms with Crippen LogP contribution in [-0.2, 0) is 11.2 Å². The molecule has 10 heteroatoms.